The Morgan fingerprint density at radius 2 is 1.74 bits per heavy atom. The summed E-state index contributed by atoms with van der Waals surface area (Å²) in [5.41, 5.74) is 1.79. The van der Waals surface area contributed by atoms with Gasteiger partial charge in [-0.05, 0) is 116 Å². The van der Waals surface area contributed by atoms with Crippen LogP contribution in [0.3, 0.4) is 0 Å². The second-order valence-corrected chi connectivity index (χ2v) is 15.1. The molecule has 7 rings (SSSR count). The first-order valence-electron chi connectivity index (χ1n) is 18.5. The highest BCUT2D eigenvalue weighted by molar-refractivity contribution is 7.81. The molecule has 0 spiro atoms. The molecule has 1 aliphatic heterocycles. The van der Waals surface area contributed by atoms with Gasteiger partial charge >= 0.3 is 6.18 Å². The van der Waals surface area contributed by atoms with Crippen LogP contribution in [0.25, 0.3) is 22.2 Å². The number of halogens is 5. The van der Waals surface area contributed by atoms with E-state index in [0.29, 0.717) is 48.4 Å². The topological polar surface area (TPSA) is 119 Å². The third kappa shape index (κ3) is 7.69. The maximum absolute atomic E-state index is 15.4. The fourth-order valence-electron chi connectivity index (χ4n) is 7.55. The number of thiocarbonyl (C=S) groups is 1. The number of aryl methyl sites for hydroxylation is 2. The monoisotopic (exact) mass is 813 g/mol. The van der Waals surface area contributed by atoms with Crippen molar-refractivity contribution in [2.24, 2.45) is 0 Å². The molecule has 0 unspecified atom stereocenters. The number of anilines is 2. The first kappa shape index (κ1) is 40.2. The van der Waals surface area contributed by atoms with Crippen LogP contribution in [-0.4, -0.2) is 46.4 Å². The first-order chi connectivity index (χ1) is 27.6. The second kappa shape index (κ2) is 15.8. The van der Waals surface area contributed by atoms with Crippen molar-refractivity contribution < 1.29 is 41.1 Å². The van der Waals surface area contributed by atoms with Crippen molar-refractivity contribution in [2.45, 2.75) is 64.2 Å². The summed E-state index contributed by atoms with van der Waals surface area (Å²) in [6.45, 7) is 3.28. The average Bonchev–Trinajstić information content (AvgIpc) is 3.55. The fourth-order valence-corrected chi connectivity index (χ4v) is 8.07. The van der Waals surface area contributed by atoms with E-state index in [9.17, 15) is 31.9 Å². The predicted molar refractivity (Wildman–Crippen MR) is 211 cm³/mol. The second-order valence-electron chi connectivity index (χ2n) is 14.7. The lowest BCUT2D eigenvalue weighted by Crippen LogP contribution is -2.44. The minimum atomic E-state index is -4.84. The molecule has 5 aromatic rings. The standard InChI is InChI=1S/C43H36F5N5O4S/c1-42(2)40(56)52(29-14-13-27(21-49)33(19-29)43(46,47)48)41(58)53(42)30-15-12-25(34(45)20-30)5-4-16-57-23-37(55)50-22-24-8-10-26(11-9-24)39-31-6-3-7-36(54)32-17-28(44)18-35(51-39)38(31)32/h8-15,17-20,51H,3-7,16,22-23H2,1-2H3,(H,50,55). The van der Waals surface area contributed by atoms with Crippen molar-refractivity contribution >= 4 is 57.2 Å². The number of aromatic nitrogens is 1. The number of rotatable bonds is 11. The Kier molecular flexibility index (Phi) is 10.9. The fraction of sp³-hybridized carbons (Fsp3) is 0.279. The highest BCUT2D eigenvalue weighted by atomic mass is 32.1. The molecule has 1 aromatic heterocycles. The zero-order valence-electron chi connectivity index (χ0n) is 31.4. The lowest BCUT2D eigenvalue weighted by molar-refractivity contribution is -0.137. The van der Waals surface area contributed by atoms with Gasteiger partial charge in [-0.3, -0.25) is 19.3 Å². The van der Waals surface area contributed by atoms with Crippen molar-refractivity contribution in [3.05, 3.63) is 118 Å². The molecule has 1 fully saturated rings. The van der Waals surface area contributed by atoms with E-state index in [2.05, 4.69) is 10.3 Å². The molecule has 9 nitrogen and oxygen atoms in total. The van der Waals surface area contributed by atoms with Crippen LogP contribution in [0.5, 0.6) is 0 Å². The summed E-state index contributed by atoms with van der Waals surface area (Å²) < 4.78 is 76.2. The number of nitrogens with zero attached hydrogens (tertiary/aromatic N) is 3. The average molecular weight is 814 g/mol. The third-order valence-corrected chi connectivity index (χ3v) is 10.8. The van der Waals surface area contributed by atoms with Gasteiger partial charge in [0.1, 0.15) is 23.8 Å². The summed E-state index contributed by atoms with van der Waals surface area (Å²) >= 11 is 5.54. The minimum absolute atomic E-state index is 0.0617. The summed E-state index contributed by atoms with van der Waals surface area (Å²) in [5.74, 6) is -2.07. The number of hydrogen-bond acceptors (Lipinski definition) is 6. The minimum Gasteiger partial charge on any atom is -0.372 e. The summed E-state index contributed by atoms with van der Waals surface area (Å²) in [5, 5.41) is 12.6. The molecule has 0 saturated carbocycles. The Morgan fingerprint density at radius 1 is 1.00 bits per heavy atom. The smallest absolute Gasteiger partial charge is 0.372 e. The molecule has 4 aromatic carbocycles. The summed E-state index contributed by atoms with van der Waals surface area (Å²) in [6.07, 6.45) is -2.44. The van der Waals surface area contributed by atoms with Gasteiger partial charge in [0.05, 0.1) is 22.9 Å². The van der Waals surface area contributed by atoms with Crippen LogP contribution in [0, 0.1) is 23.0 Å². The van der Waals surface area contributed by atoms with Crippen LogP contribution in [0.2, 0.25) is 0 Å². The molecular weight excluding hydrogens is 778 g/mol. The van der Waals surface area contributed by atoms with E-state index >= 15 is 4.39 Å². The lowest BCUT2D eigenvalue weighted by atomic mass is 9.99. The van der Waals surface area contributed by atoms with Crippen LogP contribution in [0.15, 0.2) is 72.8 Å². The maximum Gasteiger partial charge on any atom is 0.417 e. The summed E-state index contributed by atoms with van der Waals surface area (Å²) in [7, 11) is 0. The van der Waals surface area contributed by atoms with Crippen molar-refractivity contribution in [2.75, 3.05) is 23.0 Å². The van der Waals surface area contributed by atoms with Crippen LogP contribution < -0.4 is 15.1 Å². The van der Waals surface area contributed by atoms with E-state index in [0.717, 1.165) is 38.7 Å². The number of nitrogens with one attached hydrogen (secondary N) is 2. The zero-order valence-corrected chi connectivity index (χ0v) is 32.2. The third-order valence-electron chi connectivity index (χ3n) is 10.4. The van der Waals surface area contributed by atoms with Crippen LogP contribution >= 0.6 is 12.2 Å². The number of carbonyl (C=O) groups excluding carboxylic acids is 3. The molecule has 2 N–H and O–H groups in total. The van der Waals surface area contributed by atoms with Crippen molar-refractivity contribution in [1.29, 1.82) is 5.26 Å². The van der Waals surface area contributed by atoms with Gasteiger partial charge in [-0.1, -0.05) is 30.3 Å². The zero-order chi connectivity index (χ0) is 41.5. The molecule has 2 amide bonds. The molecule has 15 heteroatoms. The van der Waals surface area contributed by atoms with E-state index in [1.807, 2.05) is 24.3 Å². The molecule has 2 heterocycles. The van der Waals surface area contributed by atoms with Gasteiger partial charge in [0.15, 0.2) is 10.9 Å². The highest BCUT2D eigenvalue weighted by Crippen LogP contribution is 2.41. The number of carbonyl (C=O) groups is 3. The van der Waals surface area contributed by atoms with Gasteiger partial charge in [-0.25, -0.2) is 8.78 Å². The number of alkyl halides is 3. The Hall–Kier alpha value is -5.98. The molecule has 2 aliphatic rings. The van der Waals surface area contributed by atoms with E-state index in [-0.39, 0.29) is 54.4 Å². The number of benzene rings is 4. The Morgan fingerprint density at radius 3 is 2.45 bits per heavy atom. The van der Waals surface area contributed by atoms with Gasteiger partial charge < -0.3 is 19.9 Å². The normalized spacial score (nSPS) is 15.2. The van der Waals surface area contributed by atoms with Gasteiger partial charge in [-0.15, -0.1) is 0 Å². The Labute approximate surface area is 335 Å². The van der Waals surface area contributed by atoms with Crippen molar-refractivity contribution in [3.63, 3.8) is 0 Å². The maximum atomic E-state index is 15.4. The number of nitriles is 1. The predicted octanol–water partition coefficient (Wildman–Crippen LogP) is 8.70. The lowest BCUT2D eigenvalue weighted by Gasteiger charge is -2.29. The van der Waals surface area contributed by atoms with Gasteiger partial charge in [-0.2, -0.15) is 18.4 Å². The molecule has 0 bridgehead atoms. The number of Topliss-reactive ketones (excluding diaryl/α,β-unsaturated/α-hetero) is 1. The molecule has 58 heavy (non-hydrogen) atoms. The van der Waals surface area contributed by atoms with Crippen LogP contribution in [0.1, 0.15) is 71.3 Å². The van der Waals surface area contributed by atoms with E-state index < -0.39 is 40.4 Å². The summed E-state index contributed by atoms with van der Waals surface area (Å²) in [6, 6.07) is 19.0. The Balaban J connectivity index is 0.902. The van der Waals surface area contributed by atoms with Crippen LogP contribution in [0.4, 0.5) is 33.3 Å². The van der Waals surface area contributed by atoms with Crippen molar-refractivity contribution in [1.82, 2.24) is 10.3 Å². The largest absolute Gasteiger partial charge is 0.417 e. The van der Waals surface area contributed by atoms with E-state index in [4.69, 9.17) is 22.2 Å². The SMILES string of the molecule is CC1(C)C(=O)N(c2ccc(C#N)c(C(F)(F)F)c2)C(=S)N1c1ccc(CCCOCC(=O)NCc2ccc(-c3[nH]c4cc(F)cc5c4c3CCCC5=O)cc2)c(F)c1. The molecule has 1 aliphatic carbocycles. The number of aromatic amines is 1. The number of H-pyrrole nitrogens is 1. The van der Waals surface area contributed by atoms with Crippen LogP contribution in [-0.2, 0) is 39.9 Å². The quantitative estimate of drug-likeness (QED) is 0.0779. The number of amides is 2. The van der Waals surface area contributed by atoms with Gasteiger partial charge in [0, 0.05) is 47.4 Å². The Bertz CT molecular complexity index is 2530. The number of ketones is 1. The molecular formula is C43H36F5N5O4S. The van der Waals surface area contributed by atoms with Gasteiger partial charge in [0.2, 0.25) is 5.91 Å². The molecule has 1 saturated heterocycles. The summed E-state index contributed by atoms with van der Waals surface area (Å²) in [4.78, 5) is 44.2. The number of hydrogen-bond donors (Lipinski definition) is 2. The first-order valence-corrected chi connectivity index (χ1v) is 18.9. The number of ether oxygens (including phenoxy) is 1. The molecule has 0 radical (unpaired) electrons. The van der Waals surface area contributed by atoms with Gasteiger partial charge in [0.25, 0.3) is 5.91 Å². The van der Waals surface area contributed by atoms with Crippen molar-refractivity contribution in [3.8, 4) is 17.3 Å². The molecule has 0 atom stereocenters. The highest BCUT2D eigenvalue weighted by Gasteiger charge is 2.51. The molecule has 298 valence electrons. The van der Waals surface area contributed by atoms with E-state index in [1.165, 1.54) is 55.1 Å². The van der Waals surface area contributed by atoms with E-state index in [1.54, 1.807) is 6.07 Å².